The quantitative estimate of drug-likeness (QED) is 0.632. The van der Waals surface area contributed by atoms with E-state index in [-0.39, 0.29) is 6.42 Å². The van der Waals surface area contributed by atoms with Gasteiger partial charge in [-0.25, -0.2) is 4.79 Å². The van der Waals surface area contributed by atoms with Crippen molar-refractivity contribution in [2.24, 2.45) is 5.73 Å². The van der Waals surface area contributed by atoms with E-state index in [0.29, 0.717) is 11.3 Å². The summed E-state index contributed by atoms with van der Waals surface area (Å²) in [5, 5.41) is 11.1. The van der Waals surface area contributed by atoms with E-state index in [2.05, 4.69) is 5.32 Å². The Morgan fingerprint density at radius 1 is 1.40 bits per heavy atom. The second-order valence-electron chi connectivity index (χ2n) is 4.16. The topological polar surface area (TPSA) is 119 Å². The maximum atomic E-state index is 11.7. The molecule has 0 unspecified atom stereocenters. The molecule has 0 saturated carbocycles. The van der Waals surface area contributed by atoms with E-state index in [9.17, 15) is 14.4 Å². The number of hydrogen-bond acceptors (Lipinski definition) is 4. The van der Waals surface area contributed by atoms with Crippen LogP contribution in [0.5, 0.6) is 5.75 Å². The summed E-state index contributed by atoms with van der Waals surface area (Å²) in [4.78, 5) is 33.4. The van der Waals surface area contributed by atoms with Gasteiger partial charge in [0.1, 0.15) is 11.8 Å². The normalized spacial score (nSPS) is 11.4. The first-order valence-corrected chi connectivity index (χ1v) is 5.85. The lowest BCUT2D eigenvalue weighted by molar-refractivity contribution is -0.143. The summed E-state index contributed by atoms with van der Waals surface area (Å²) in [6.45, 7) is 0. The van der Waals surface area contributed by atoms with Crippen molar-refractivity contribution >= 4 is 17.8 Å². The Hall–Kier alpha value is -2.57. The predicted molar refractivity (Wildman–Crippen MR) is 70.1 cm³/mol. The van der Waals surface area contributed by atoms with Crippen molar-refractivity contribution in [3.8, 4) is 5.75 Å². The van der Waals surface area contributed by atoms with Gasteiger partial charge in [0.15, 0.2) is 0 Å². The molecule has 0 aromatic heterocycles. The molecule has 2 amide bonds. The molecule has 0 spiro atoms. The van der Waals surface area contributed by atoms with Crippen molar-refractivity contribution in [3.63, 3.8) is 0 Å². The van der Waals surface area contributed by atoms with Crippen molar-refractivity contribution in [1.82, 2.24) is 5.32 Å². The Morgan fingerprint density at radius 2 is 2.10 bits per heavy atom. The standard InChI is InChI=1S/C13H16N2O5/c1-20-9-4-2-3-8(5-9)6-12(17)15-10(13(18)19)7-11(14)16/h2-5,10H,6-7H2,1H3,(H2,14,16)(H,15,17)(H,18,19)/t10-/m1/s1. The predicted octanol–water partition coefficient (Wildman–Crippen LogP) is -0.317. The number of rotatable bonds is 7. The molecule has 1 atom stereocenters. The molecule has 0 aliphatic heterocycles. The first-order valence-electron chi connectivity index (χ1n) is 5.85. The number of nitrogens with one attached hydrogen (secondary N) is 1. The number of nitrogens with two attached hydrogens (primary N) is 1. The Balaban J connectivity index is 2.65. The third kappa shape index (κ3) is 4.97. The van der Waals surface area contributed by atoms with Crippen LogP contribution < -0.4 is 15.8 Å². The molecular formula is C13H16N2O5. The highest BCUT2D eigenvalue weighted by molar-refractivity contribution is 5.88. The molecule has 0 heterocycles. The Labute approximate surface area is 115 Å². The second kappa shape index (κ2) is 7.13. The third-order valence-corrected chi connectivity index (χ3v) is 2.54. The van der Waals surface area contributed by atoms with E-state index in [1.807, 2.05) is 0 Å². The third-order valence-electron chi connectivity index (χ3n) is 2.54. The minimum Gasteiger partial charge on any atom is -0.497 e. The summed E-state index contributed by atoms with van der Waals surface area (Å²) in [6, 6.07) is 5.52. The van der Waals surface area contributed by atoms with Gasteiger partial charge in [-0.1, -0.05) is 12.1 Å². The lowest BCUT2D eigenvalue weighted by Crippen LogP contribution is -2.43. The van der Waals surface area contributed by atoms with Crippen LogP contribution >= 0.6 is 0 Å². The van der Waals surface area contributed by atoms with Gasteiger partial charge >= 0.3 is 5.97 Å². The number of hydrogen-bond donors (Lipinski definition) is 3. The van der Waals surface area contributed by atoms with Crippen LogP contribution in [0.2, 0.25) is 0 Å². The number of carbonyl (C=O) groups excluding carboxylic acids is 2. The smallest absolute Gasteiger partial charge is 0.326 e. The van der Waals surface area contributed by atoms with Gasteiger partial charge in [0, 0.05) is 0 Å². The molecule has 4 N–H and O–H groups in total. The molecule has 7 heteroatoms. The molecule has 0 radical (unpaired) electrons. The van der Waals surface area contributed by atoms with Crippen LogP contribution in [-0.2, 0) is 20.8 Å². The van der Waals surface area contributed by atoms with Crippen molar-refractivity contribution in [3.05, 3.63) is 29.8 Å². The van der Waals surface area contributed by atoms with Crippen LogP contribution in [0.3, 0.4) is 0 Å². The fraction of sp³-hybridized carbons (Fsp3) is 0.308. The average Bonchev–Trinajstić information content (AvgIpc) is 2.37. The fourth-order valence-electron chi connectivity index (χ4n) is 1.61. The minimum atomic E-state index is -1.31. The molecule has 0 fully saturated rings. The zero-order chi connectivity index (χ0) is 15.1. The van der Waals surface area contributed by atoms with Crippen LogP contribution in [0.1, 0.15) is 12.0 Å². The lowest BCUT2D eigenvalue weighted by Gasteiger charge is -2.13. The van der Waals surface area contributed by atoms with E-state index in [0.717, 1.165) is 0 Å². The van der Waals surface area contributed by atoms with Crippen molar-refractivity contribution in [2.45, 2.75) is 18.9 Å². The summed E-state index contributed by atoms with van der Waals surface area (Å²) >= 11 is 0. The van der Waals surface area contributed by atoms with Gasteiger partial charge in [0.05, 0.1) is 20.0 Å². The van der Waals surface area contributed by atoms with E-state index in [1.165, 1.54) is 7.11 Å². The molecule has 0 aliphatic rings. The molecule has 20 heavy (non-hydrogen) atoms. The number of benzene rings is 1. The Kier molecular flexibility index (Phi) is 5.52. The number of amides is 2. The zero-order valence-corrected chi connectivity index (χ0v) is 11.0. The van der Waals surface area contributed by atoms with Crippen LogP contribution in [0, 0.1) is 0 Å². The van der Waals surface area contributed by atoms with Crippen LogP contribution in [0.4, 0.5) is 0 Å². The summed E-state index contributed by atoms with van der Waals surface area (Å²) < 4.78 is 5.02. The summed E-state index contributed by atoms with van der Waals surface area (Å²) in [6.07, 6.45) is -0.459. The number of primary amides is 1. The van der Waals surface area contributed by atoms with Crippen molar-refractivity contribution in [1.29, 1.82) is 0 Å². The lowest BCUT2D eigenvalue weighted by atomic mass is 10.1. The number of carbonyl (C=O) groups is 3. The summed E-state index contributed by atoms with van der Waals surface area (Å²) in [7, 11) is 1.51. The van der Waals surface area contributed by atoms with Crippen LogP contribution in [0.25, 0.3) is 0 Å². The Bertz CT molecular complexity index is 515. The van der Waals surface area contributed by atoms with E-state index >= 15 is 0 Å². The average molecular weight is 280 g/mol. The SMILES string of the molecule is COc1cccc(CC(=O)N[C@H](CC(N)=O)C(=O)O)c1. The number of aliphatic carboxylic acids is 1. The summed E-state index contributed by atoms with van der Waals surface area (Å²) in [5.74, 6) is -2.00. The van der Waals surface area contributed by atoms with Crippen molar-refractivity contribution < 1.29 is 24.2 Å². The molecule has 7 nitrogen and oxygen atoms in total. The van der Waals surface area contributed by atoms with Gasteiger partial charge in [-0.15, -0.1) is 0 Å². The largest absolute Gasteiger partial charge is 0.497 e. The van der Waals surface area contributed by atoms with E-state index in [1.54, 1.807) is 24.3 Å². The molecular weight excluding hydrogens is 264 g/mol. The number of ether oxygens (including phenoxy) is 1. The van der Waals surface area contributed by atoms with E-state index in [4.69, 9.17) is 15.6 Å². The van der Waals surface area contributed by atoms with Gasteiger partial charge in [0.25, 0.3) is 0 Å². The highest BCUT2D eigenvalue weighted by atomic mass is 16.5. The first kappa shape index (κ1) is 15.5. The van der Waals surface area contributed by atoms with Crippen LogP contribution in [0.15, 0.2) is 24.3 Å². The fourth-order valence-corrected chi connectivity index (χ4v) is 1.61. The number of carboxylic acids is 1. The number of carboxylic acid groups (broad SMARTS) is 1. The molecule has 0 aliphatic carbocycles. The summed E-state index contributed by atoms with van der Waals surface area (Å²) in [5.41, 5.74) is 5.60. The highest BCUT2D eigenvalue weighted by Crippen LogP contribution is 2.12. The zero-order valence-electron chi connectivity index (χ0n) is 11.0. The van der Waals surface area contributed by atoms with Gasteiger partial charge in [-0.2, -0.15) is 0 Å². The minimum absolute atomic E-state index is 0.0141. The highest BCUT2D eigenvalue weighted by Gasteiger charge is 2.22. The molecule has 0 bridgehead atoms. The molecule has 0 saturated heterocycles. The molecule has 1 aromatic carbocycles. The monoisotopic (exact) mass is 280 g/mol. The van der Waals surface area contributed by atoms with Gasteiger partial charge in [-0.3, -0.25) is 9.59 Å². The maximum absolute atomic E-state index is 11.7. The molecule has 1 aromatic rings. The van der Waals surface area contributed by atoms with Crippen molar-refractivity contribution in [2.75, 3.05) is 7.11 Å². The van der Waals surface area contributed by atoms with Gasteiger partial charge in [0.2, 0.25) is 11.8 Å². The van der Waals surface area contributed by atoms with Gasteiger partial charge in [-0.05, 0) is 17.7 Å². The van der Waals surface area contributed by atoms with E-state index < -0.39 is 30.2 Å². The van der Waals surface area contributed by atoms with Crippen LogP contribution in [-0.4, -0.2) is 36.0 Å². The Morgan fingerprint density at radius 3 is 2.65 bits per heavy atom. The second-order valence-corrected chi connectivity index (χ2v) is 4.16. The first-order chi connectivity index (χ1) is 9.42. The molecule has 1 rings (SSSR count). The molecule has 108 valence electrons. The maximum Gasteiger partial charge on any atom is 0.326 e. The van der Waals surface area contributed by atoms with Gasteiger partial charge < -0.3 is 20.9 Å². The number of methoxy groups -OCH3 is 1.